The van der Waals surface area contributed by atoms with E-state index >= 15 is 0 Å². The van der Waals surface area contributed by atoms with Crippen LogP contribution in [0.1, 0.15) is 55.3 Å². The van der Waals surface area contributed by atoms with E-state index in [-0.39, 0.29) is 6.04 Å². The van der Waals surface area contributed by atoms with E-state index in [1.165, 1.54) is 0 Å². The van der Waals surface area contributed by atoms with Crippen molar-refractivity contribution in [1.82, 2.24) is 9.46 Å². The topological polar surface area (TPSA) is 63.4 Å². The summed E-state index contributed by atoms with van der Waals surface area (Å²) < 4.78 is 33.2. The van der Waals surface area contributed by atoms with E-state index in [1.54, 1.807) is 16.4 Å². The Labute approximate surface area is 150 Å². The fourth-order valence-electron chi connectivity index (χ4n) is 3.69. The molecule has 5 nitrogen and oxygen atoms in total. The number of nitrogens with zero attached hydrogens (tertiary/aromatic N) is 2. The van der Waals surface area contributed by atoms with Gasteiger partial charge in [0.1, 0.15) is 5.76 Å². The highest BCUT2D eigenvalue weighted by molar-refractivity contribution is 7.89. The lowest BCUT2D eigenvalue weighted by molar-refractivity contribution is 0.376. The van der Waals surface area contributed by atoms with Crippen molar-refractivity contribution in [2.45, 2.75) is 57.9 Å². The highest BCUT2D eigenvalue weighted by Crippen LogP contribution is 2.39. The number of hydrogen-bond donors (Lipinski definition) is 0. The van der Waals surface area contributed by atoms with Gasteiger partial charge in [-0.3, -0.25) is 0 Å². The molecule has 136 valence electrons. The molecule has 0 unspecified atom stereocenters. The van der Waals surface area contributed by atoms with Gasteiger partial charge < -0.3 is 4.52 Å². The van der Waals surface area contributed by atoms with Crippen molar-refractivity contribution < 1.29 is 12.9 Å². The van der Waals surface area contributed by atoms with Crippen LogP contribution in [-0.4, -0.2) is 24.4 Å². The maximum absolute atomic E-state index is 13.2. The zero-order valence-electron chi connectivity index (χ0n) is 15.3. The summed E-state index contributed by atoms with van der Waals surface area (Å²) in [5.74, 6) is 1.25. The Morgan fingerprint density at radius 3 is 2.48 bits per heavy atom. The van der Waals surface area contributed by atoms with Crippen molar-refractivity contribution in [1.29, 1.82) is 0 Å². The van der Waals surface area contributed by atoms with Gasteiger partial charge in [0.2, 0.25) is 10.0 Å². The summed E-state index contributed by atoms with van der Waals surface area (Å²) in [6.45, 7) is 8.56. The predicted octanol–water partition coefficient (Wildman–Crippen LogP) is 4.02. The fourth-order valence-corrected chi connectivity index (χ4v) is 5.35. The van der Waals surface area contributed by atoms with E-state index in [0.717, 1.165) is 36.1 Å². The van der Waals surface area contributed by atoms with Gasteiger partial charge in [0.25, 0.3) is 0 Å². The Kier molecular flexibility index (Phi) is 5.02. The molecule has 0 N–H and O–H groups in total. The molecule has 0 bridgehead atoms. The zero-order chi connectivity index (χ0) is 18.2. The molecule has 6 heteroatoms. The van der Waals surface area contributed by atoms with Crippen molar-refractivity contribution in [2.24, 2.45) is 5.92 Å². The first-order chi connectivity index (χ1) is 11.8. The van der Waals surface area contributed by atoms with Gasteiger partial charge in [-0.2, -0.15) is 4.31 Å². The average molecular weight is 362 g/mol. The highest BCUT2D eigenvalue weighted by atomic mass is 32.2. The van der Waals surface area contributed by atoms with E-state index in [4.69, 9.17) is 4.52 Å². The maximum Gasteiger partial charge on any atom is 0.243 e. The maximum atomic E-state index is 13.2. The van der Waals surface area contributed by atoms with Crippen molar-refractivity contribution in [3.05, 3.63) is 46.8 Å². The van der Waals surface area contributed by atoms with E-state index in [1.807, 2.05) is 26.0 Å². The lowest BCUT2D eigenvalue weighted by atomic mass is 10.0. The van der Waals surface area contributed by atoms with Crippen LogP contribution in [0.25, 0.3) is 0 Å². The number of aryl methyl sites for hydroxylation is 2. The zero-order valence-corrected chi connectivity index (χ0v) is 16.1. The van der Waals surface area contributed by atoms with Gasteiger partial charge in [0, 0.05) is 12.1 Å². The van der Waals surface area contributed by atoms with E-state index in [0.29, 0.717) is 23.1 Å². The summed E-state index contributed by atoms with van der Waals surface area (Å²) in [5, 5.41) is 3.99. The third kappa shape index (κ3) is 3.51. The number of benzene rings is 1. The molecule has 3 rings (SSSR count). The average Bonchev–Trinajstić information content (AvgIpc) is 3.14. The van der Waals surface area contributed by atoms with Crippen molar-refractivity contribution in [3.63, 3.8) is 0 Å². The molecule has 2 aromatic rings. The van der Waals surface area contributed by atoms with E-state index in [9.17, 15) is 8.42 Å². The largest absolute Gasteiger partial charge is 0.361 e. The quantitative estimate of drug-likeness (QED) is 0.806. The number of hydrogen-bond acceptors (Lipinski definition) is 4. The SMILES string of the molecule is Cc1noc(C)c1[C@H]1CCCN1S(=O)(=O)c1ccc(CC(C)C)cc1. The monoisotopic (exact) mass is 362 g/mol. The minimum absolute atomic E-state index is 0.188. The van der Waals surface area contributed by atoms with Crippen molar-refractivity contribution >= 4 is 10.0 Å². The second-order valence-corrected chi connectivity index (χ2v) is 9.14. The Morgan fingerprint density at radius 2 is 1.92 bits per heavy atom. The first kappa shape index (κ1) is 18.1. The molecular weight excluding hydrogens is 336 g/mol. The molecule has 1 aromatic carbocycles. The Hall–Kier alpha value is -1.66. The lowest BCUT2D eigenvalue weighted by Crippen LogP contribution is -2.31. The van der Waals surface area contributed by atoms with Crippen LogP contribution in [0, 0.1) is 19.8 Å². The van der Waals surface area contributed by atoms with Gasteiger partial charge in [-0.15, -0.1) is 0 Å². The molecule has 1 aromatic heterocycles. The molecule has 1 atom stereocenters. The van der Waals surface area contributed by atoms with Crippen molar-refractivity contribution in [3.8, 4) is 0 Å². The third-order valence-electron chi connectivity index (χ3n) is 4.80. The molecule has 1 aliphatic rings. The standard InChI is InChI=1S/C19H26N2O3S/c1-13(2)12-16-7-9-17(10-8-16)25(22,23)21-11-5-6-18(21)19-14(3)20-24-15(19)4/h7-10,13,18H,5-6,11-12H2,1-4H3/t18-/m1/s1. The first-order valence-electron chi connectivity index (χ1n) is 8.84. The first-order valence-corrected chi connectivity index (χ1v) is 10.3. The molecule has 0 spiro atoms. The van der Waals surface area contributed by atoms with Crippen LogP contribution in [0.15, 0.2) is 33.7 Å². The van der Waals surface area contributed by atoms with Crippen LogP contribution in [0.5, 0.6) is 0 Å². The molecule has 0 aliphatic carbocycles. The van der Waals surface area contributed by atoms with Gasteiger partial charge in [0.05, 0.1) is 16.6 Å². The van der Waals surface area contributed by atoms with Gasteiger partial charge in [-0.1, -0.05) is 31.1 Å². The summed E-state index contributed by atoms with van der Waals surface area (Å²) in [6, 6.07) is 7.12. The molecule has 0 saturated carbocycles. The van der Waals surface area contributed by atoms with Crippen LogP contribution in [0.4, 0.5) is 0 Å². The van der Waals surface area contributed by atoms with E-state index < -0.39 is 10.0 Å². The van der Waals surface area contributed by atoms with E-state index in [2.05, 4.69) is 19.0 Å². The summed E-state index contributed by atoms with van der Waals surface area (Å²) >= 11 is 0. The Bertz CT molecular complexity index is 819. The number of rotatable bonds is 5. The molecule has 1 aliphatic heterocycles. The smallest absolute Gasteiger partial charge is 0.243 e. The van der Waals surface area contributed by atoms with Crippen LogP contribution in [0.2, 0.25) is 0 Å². The normalized spacial score (nSPS) is 19.0. The van der Waals surface area contributed by atoms with Gasteiger partial charge in [-0.05, 0) is 56.7 Å². The van der Waals surface area contributed by atoms with Crippen LogP contribution < -0.4 is 0 Å². The van der Waals surface area contributed by atoms with Gasteiger partial charge >= 0.3 is 0 Å². The van der Waals surface area contributed by atoms with Crippen LogP contribution in [-0.2, 0) is 16.4 Å². The highest BCUT2D eigenvalue weighted by Gasteiger charge is 2.38. The minimum atomic E-state index is -3.53. The second-order valence-electron chi connectivity index (χ2n) is 7.25. The molecule has 0 radical (unpaired) electrons. The molecule has 2 heterocycles. The summed E-state index contributed by atoms with van der Waals surface area (Å²) in [7, 11) is -3.53. The molecule has 0 amide bonds. The lowest BCUT2D eigenvalue weighted by Gasteiger charge is -2.24. The van der Waals surface area contributed by atoms with Crippen LogP contribution in [0.3, 0.4) is 0 Å². The Balaban J connectivity index is 1.91. The summed E-state index contributed by atoms with van der Waals surface area (Å²) in [5.41, 5.74) is 2.85. The Morgan fingerprint density at radius 1 is 1.24 bits per heavy atom. The molecular formula is C19H26N2O3S. The number of sulfonamides is 1. The molecule has 25 heavy (non-hydrogen) atoms. The van der Waals surface area contributed by atoms with Crippen molar-refractivity contribution in [2.75, 3.05) is 6.54 Å². The molecule has 1 fully saturated rings. The summed E-state index contributed by atoms with van der Waals surface area (Å²) in [4.78, 5) is 0.360. The predicted molar refractivity (Wildman–Crippen MR) is 96.8 cm³/mol. The minimum Gasteiger partial charge on any atom is -0.361 e. The summed E-state index contributed by atoms with van der Waals surface area (Å²) in [6.07, 6.45) is 2.60. The van der Waals surface area contributed by atoms with Gasteiger partial charge in [0.15, 0.2) is 0 Å². The molecule has 1 saturated heterocycles. The van der Waals surface area contributed by atoms with Gasteiger partial charge in [-0.25, -0.2) is 8.42 Å². The number of aromatic nitrogens is 1. The van der Waals surface area contributed by atoms with Crippen LogP contribution >= 0.6 is 0 Å². The second kappa shape index (κ2) is 6.92. The third-order valence-corrected chi connectivity index (χ3v) is 6.72. The fraction of sp³-hybridized carbons (Fsp3) is 0.526.